The van der Waals surface area contributed by atoms with Crippen LogP contribution in [-0.2, 0) is 10.2 Å². The fourth-order valence-electron chi connectivity index (χ4n) is 2.08. The Labute approximate surface area is 132 Å². The number of benzene rings is 1. The summed E-state index contributed by atoms with van der Waals surface area (Å²) < 4.78 is 5.79. The highest BCUT2D eigenvalue weighted by Crippen LogP contribution is 2.32. The van der Waals surface area contributed by atoms with Gasteiger partial charge in [-0.25, -0.2) is 0 Å². The van der Waals surface area contributed by atoms with Crippen molar-refractivity contribution in [3.05, 3.63) is 29.8 Å². The van der Waals surface area contributed by atoms with Gasteiger partial charge in [0.25, 0.3) is 0 Å². The van der Waals surface area contributed by atoms with Crippen LogP contribution in [0.4, 0.5) is 0 Å². The first-order valence-corrected chi connectivity index (χ1v) is 7.12. The van der Waals surface area contributed by atoms with Gasteiger partial charge in [0.05, 0.1) is 12.1 Å². The van der Waals surface area contributed by atoms with E-state index in [1.807, 2.05) is 18.2 Å². The third-order valence-electron chi connectivity index (χ3n) is 3.58. The Morgan fingerprint density at radius 1 is 1.33 bits per heavy atom. The summed E-state index contributed by atoms with van der Waals surface area (Å²) in [7, 11) is 0. The highest BCUT2D eigenvalue weighted by molar-refractivity contribution is 5.88. The maximum absolute atomic E-state index is 11.7. The fraction of sp³-hybridized carbons (Fsp3) is 0.562. The van der Waals surface area contributed by atoms with Crippen LogP contribution in [0.1, 0.15) is 39.2 Å². The van der Waals surface area contributed by atoms with Crippen LogP contribution in [-0.4, -0.2) is 24.6 Å². The normalized spacial score (nSPS) is 15.8. The van der Waals surface area contributed by atoms with Crippen molar-refractivity contribution in [2.24, 2.45) is 5.73 Å². The second-order valence-corrected chi connectivity index (χ2v) is 6.51. The predicted octanol–water partition coefficient (Wildman–Crippen LogP) is 2.39. The van der Waals surface area contributed by atoms with Crippen LogP contribution >= 0.6 is 12.4 Å². The Morgan fingerprint density at radius 2 is 1.95 bits per heavy atom. The Bertz CT molecular complexity index is 493. The van der Waals surface area contributed by atoms with E-state index in [-0.39, 0.29) is 23.7 Å². The molecule has 0 aliphatic heterocycles. The minimum Gasteiger partial charge on any atom is -0.491 e. The zero-order chi connectivity index (χ0) is 14.8. The zero-order valence-corrected chi connectivity index (χ0v) is 13.8. The Kier molecular flexibility index (Phi) is 5.65. The van der Waals surface area contributed by atoms with Crippen molar-refractivity contribution >= 4 is 18.3 Å². The second kappa shape index (κ2) is 6.67. The number of ether oxygens (including phenoxy) is 1. The largest absolute Gasteiger partial charge is 0.491 e. The molecule has 1 aliphatic rings. The number of halogens is 1. The number of nitrogens with one attached hydrogen (secondary N) is 1. The van der Waals surface area contributed by atoms with Gasteiger partial charge in [-0.15, -0.1) is 12.4 Å². The van der Waals surface area contributed by atoms with Gasteiger partial charge >= 0.3 is 0 Å². The molecule has 5 heteroatoms. The molecule has 118 valence electrons. The average Bonchev–Trinajstić information content (AvgIpc) is 3.13. The van der Waals surface area contributed by atoms with Crippen molar-refractivity contribution in [2.75, 3.05) is 13.2 Å². The highest BCUT2D eigenvalue weighted by Gasteiger charge is 2.45. The molecule has 0 unspecified atom stereocenters. The van der Waals surface area contributed by atoms with Crippen molar-refractivity contribution in [1.29, 1.82) is 0 Å². The Hall–Kier alpha value is -1.26. The number of carbonyl (C=O) groups is 1. The van der Waals surface area contributed by atoms with Crippen molar-refractivity contribution in [3.63, 3.8) is 0 Å². The van der Waals surface area contributed by atoms with Crippen LogP contribution in [0.5, 0.6) is 5.75 Å². The van der Waals surface area contributed by atoms with Gasteiger partial charge in [-0.1, -0.05) is 39.0 Å². The third-order valence-corrected chi connectivity index (χ3v) is 3.58. The molecule has 0 bridgehead atoms. The number of carbonyl (C=O) groups excluding carboxylic acids is 1. The molecule has 1 aromatic carbocycles. The fourth-order valence-corrected chi connectivity index (χ4v) is 2.08. The summed E-state index contributed by atoms with van der Waals surface area (Å²) in [5, 5.41) is 2.82. The lowest BCUT2D eigenvalue weighted by Gasteiger charge is -2.22. The molecule has 0 heterocycles. The topological polar surface area (TPSA) is 64.3 Å². The molecular formula is C16H25ClN2O2. The van der Waals surface area contributed by atoms with Crippen molar-refractivity contribution < 1.29 is 9.53 Å². The summed E-state index contributed by atoms with van der Waals surface area (Å²) >= 11 is 0. The van der Waals surface area contributed by atoms with E-state index in [1.165, 1.54) is 5.56 Å². The van der Waals surface area contributed by atoms with Crippen LogP contribution in [0.2, 0.25) is 0 Å². The van der Waals surface area contributed by atoms with E-state index in [1.54, 1.807) is 0 Å². The van der Waals surface area contributed by atoms with Gasteiger partial charge in [-0.3, -0.25) is 4.79 Å². The summed E-state index contributed by atoms with van der Waals surface area (Å²) in [5.74, 6) is 0.813. The third kappa shape index (κ3) is 4.61. The van der Waals surface area contributed by atoms with Gasteiger partial charge in [-0.2, -0.15) is 0 Å². The summed E-state index contributed by atoms with van der Waals surface area (Å²) in [5.41, 5.74) is 6.41. The summed E-state index contributed by atoms with van der Waals surface area (Å²) in [4.78, 5) is 11.7. The summed E-state index contributed by atoms with van der Waals surface area (Å²) in [6.45, 7) is 7.40. The molecular weight excluding hydrogens is 288 g/mol. The smallest absolute Gasteiger partial charge is 0.240 e. The van der Waals surface area contributed by atoms with Gasteiger partial charge in [-0.05, 0) is 29.9 Å². The molecule has 3 N–H and O–H groups in total. The average molecular weight is 313 g/mol. The van der Waals surface area contributed by atoms with Gasteiger partial charge in [0.1, 0.15) is 12.4 Å². The SMILES string of the molecule is CC(C)(C)c1ccccc1OCCNC(=O)C1(N)CC1.Cl. The maximum Gasteiger partial charge on any atom is 0.240 e. The van der Waals surface area contributed by atoms with E-state index in [0.29, 0.717) is 13.2 Å². The first kappa shape index (κ1) is 17.8. The number of hydrogen-bond acceptors (Lipinski definition) is 3. The van der Waals surface area contributed by atoms with Gasteiger partial charge in [0, 0.05) is 0 Å². The molecule has 1 amide bonds. The lowest BCUT2D eigenvalue weighted by atomic mass is 9.86. The van der Waals surface area contributed by atoms with E-state index >= 15 is 0 Å². The van der Waals surface area contributed by atoms with E-state index in [9.17, 15) is 4.79 Å². The Morgan fingerprint density at radius 3 is 2.52 bits per heavy atom. The molecule has 0 saturated heterocycles. The lowest BCUT2D eigenvalue weighted by Crippen LogP contribution is -2.44. The van der Waals surface area contributed by atoms with E-state index < -0.39 is 5.54 Å². The van der Waals surface area contributed by atoms with Gasteiger partial charge < -0.3 is 15.8 Å². The number of para-hydroxylation sites is 1. The molecule has 1 saturated carbocycles. The first-order chi connectivity index (χ1) is 9.33. The molecule has 1 fully saturated rings. The molecule has 0 radical (unpaired) electrons. The maximum atomic E-state index is 11.7. The molecule has 0 aromatic heterocycles. The predicted molar refractivity (Wildman–Crippen MR) is 87.0 cm³/mol. The minimum absolute atomic E-state index is 0. The van der Waals surface area contributed by atoms with Crippen molar-refractivity contribution in [2.45, 2.75) is 44.6 Å². The quantitative estimate of drug-likeness (QED) is 0.821. The molecule has 1 aromatic rings. The van der Waals surface area contributed by atoms with Crippen LogP contribution in [0.25, 0.3) is 0 Å². The van der Waals surface area contributed by atoms with Crippen LogP contribution in [0.3, 0.4) is 0 Å². The molecule has 0 atom stereocenters. The zero-order valence-electron chi connectivity index (χ0n) is 12.9. The van der Waals surface area contributed by atoms with E-state index in [2.05, 4.69) is 32.2 Å². The van der Waals surface area contributed by atoms with Gasteiger partial charge in [0.2, 0.25) is 5.91 Å². The molecule has 2 rings (SSSR count). The standard InChI is InChI=1S/C16H24N2O2.ClH/c1-15(2,3)12-6-4-5-7-13(12)20-11-10-18-14(19)16(17)8-9-16;/h4-7H,8-11,17H2,1-3H3,(H,18,19);1H. The monoisotopic (exact) mass is 312 g/mol. The minimum atomic E-state index is -0.608. The number of nitrogens with two attached hydrogens (primary N) is 1. The molecule has 21 heavy (non-hydrogen) atoms. The summed E-state index contributed by atoms with van der Waals surface area (Å²) in [6.07, 6.45) is 1.57. The number of hydrogen-bond donors (Lipinski definition) is 2. The summed E-state index contributed by atoms with van der Waals surface area (Å²) in [6, 6.07) is 8.02. The number of rotatable bonds is 5. The van der Waals surface area contributed by atoms with Crippen molar-refractivity contribution in [1.82, 2.24) is 5.32 Å². The van der Waals surface area contributed by atoms with Crippen LogP contribution in [0, 0.1) is 0 Å². The van der Waals surface area contributed by atoms with Crippen molar-refractivity contribution in [3.8, 4) is 5.75 Å². The first-order valence-electron chi connectivity index (χ1n) is 7.12. The van der Waals surface area contributed by atoms with Crippen LogP contribution in [0.15, 0.2) is 24.3 Å². The van der Waals surface area contributed by atoms with Crippen LogP contribution < -0.4 is 15.8 Å². The highest BCUT2D eigenvalue weighted by atomic mass is 35.5. The van der Waals surface area contributed by atoms with E-state index in [0.717, 1.165) is 18.6 Å². The number of amides is 1. The van der Waals surface area contributed by atoms with E-state index in [4.69, 9.17) is 10.5 Å². The molecule has 0 spiro atoms. The Balaban J connectivity index is 0.00000220. The molecule has 1 aliphatic carbocycles. The molecule has 4 nitrogen and oxygen atoms in total. The second-order valence-electron chi connectivity index (χ2n) is 6.51. The van der Waals surface area contributed by atoms with Gasteiger partial charge in [0.15, 0.2) is 0 Å². The lowest BCUT2D eigenvalue weighted by molar-refractivity contribution is -0.123.